The van der Waals surface area contributed by atoms with Crippen LogP contribution in [0.25, 0.3) is 0 Å². The van der Waals surface area contributed by atoms with Crippen molar-refractivity contribution in [2.24, 2.45) is 11.7 Å². The van der Waals surface area contributed by atoms with E-state index in [1.165, 1.54) is 11.1 Å². The quantitative estimate of drug-likeness (QED) is 0.784. The van der Waals surface area contributed by atoms with E-state index in [4.69, 9.17) is 10.5 Å². The minimum atomic E-state index is 0.0653. The van der Waals surface area contributed by atoms with Crippen LogP contribution < -0.4 is 5.73 Å². The Morgan fingerprint density at radius 1 is 1.26 bits per heavy atom. The molecule has 0 fully saturated rings. The van der Waals surface area contributed by atoms with Crippen molar-refractivity contribution < 1.29 is 4.74 Å². The summed E-state index contributed by atoms with van der Waals surface area (Å²) in [6, 6.07) is 8.53. The Hall–Kier alpha value is -0.900. The zero-order valence-corrected chi connectivity index (χ0v) is 12.7. The average Bonchev–Trinajstić information content (AvgIpc) is 2.35. The van der Waals surface area contributed by atoms with E-state index < -0.39 is 0 Å². The van der Waals surface area contributed by atoms with Gasteiger partial charge < -0.3 is 10.5 Å². The summed E-state index contributed by atoms with van der Waals surface area (Å²) >= 11 is 0. The van der Waals surface area contributed by atoms with Crippen molar-refractivity contribution in [1.29, 1.82) is 0 Å². The van der Waals surface area contributed by atoms with Gasteiger partial charge in [-0.1, -0.05) is 43.7 Å². The summed E-state index contributed by atoms with van der Waals surface area (Å²) in [7, 11) is 1.74. The maximum absolute atomic E-state index is 6.33. The first-order valence-corrected chi connectivity index (χ1v) is 7.06. The molecule has 1 atom stereocenters. The molecule has 0 aliphatic rings. The lowest BCUT2D eigenvalue weighted by atomic mass is 10.0. The fourth-order valence-electron chi connectivity index (χ4n) is 2.28. The van der Waals surface area contributed by atoms with E-state index in [0.29, 0.717) is 5.92 Å². The SMILES string of the molecule is COCCN(CC(C)C)CC(N)c1cccc(C)c1. The molecule has 1 unspecified atom stereocenters. The van der Waals surface area contributed by atoms with Gasteiger partial charge in [-0.3, -0.25) is 4.90 Å². The number of nitrogens with two attached hydrogens (primary N) is 1. The second-order valence-electron chi connectivity index (χ2n) is 5.67. The summed E-state index contributed by atoms with van der Waals surface area (Å²) in [5, 5.41) is 0. The van der Waals surface area contributed by atoms with Gasteiger partial charge in [-0.25, -0.2) is 0 Å². The van der Waals surface area contributed by atoms with Gasteiger partial charge >= 0.3 is 0 Å². The number of hydrogen-bond acceptors (Lipinski definition) is 3. The van der Waals surface area contributed by atoms with Crippen molar-refractivity contribution in [3.05, 3.63) is 35.4 Å². The van der Waals surface area contributed by atoms with Gasteiger partial charge in [0.15, 0.2) is 0 Å². The fraction of sp³-hybridized carbons (Fsp3) is 0.625. The second-order valence-corrected chi connectivity index (χ2v) is 5.67. The van der Waals surface area contributed by atoms with Crippen LogP contribution in [-0.2, 0) is 4.74 Å². The third-order valence-electron chi connectivity index (χ3n) is 3.16. The van der Waals surface area contributed by atoms with Crippen molar-refractivity contribution in [1.82, 2.24) is 4.90 Å². The van der Waals surface area contributed by atoms with E-state index in [0.717, 1.165) is 26.2 Å². The van der Waals surface area contributed by atoms with Crippen LogP contribution in [0.2, 0.25) is 0 Å². The van der Waals surface area contributed by atoms with Gasteiger partial charge in [0.1, 0.15) is 0 Å². The molecule has 1 aromatic rings. The minimum absolute atomic E-state index is 0.0653. The molecule has 3 nitrogen and oxygen atoms in total. The van der Waals surface area contributed by atoms with E-state index >= 15 is 0 Å². The Morgan fingerprint density at radius 3 is 2.58 bits per heavy atom. The van der Waals surface area contributed by atoms with Gasteiger partial charge in [0.25, 0.3) is 0 Å². The highest BCUT2D eigenvalue weighted by Crippen LogP contribution is 2.14. The molecule has 3 heteroatoms. The van der Waals surface area contributed by atoms with Crippen LogP contribution in [0, 0.1) is 12.8 Å². The third-order valence-corrected chi connectivity index (χ3v) is 3.16. The van der Waals surface area contributed by atoms with Gasteiger partial charge in [-0.15, -0.1) is 0 Å². The monoisotopic (exact) mass is 264 g/mol. The molecule has 19 heavy (non-hydrogen) atoms. The average molecular weight is 264 g/mol. The lowest BCUT2D eigenvalue weighted by molar-refractivity contribution is 0.136. The van der Waals surface area contributed by atoms with Crippen LogP contribution in [0.3, 0.4) is 0 Å². The van der Waals surface area contributed by atoms with Crippen LogP contribution >= 0.6 is 0 Å². The molecule has 0 saturated heterocycles. The molecule has 0 spiro atoms. The first-order valence-electron chi connectivity index (χ1n) is 7.06. The van der Waals surface area contributed by atoms with Crippen LogP contribution in [0.1, 0.15) is 31.0 Å². The molecule has 0 saturated carbocycles. The van der Waals surface area contributed by atoms with Gasteiger partial charge in [-0.2, -0.15) is 0 Å². The summed E-state index contributed by atoms with van der Waals surface area (Å²) in [5.74, 6) is 0.640. The largest absolute Gasteiger partial charge is 0.383 e. The molecule has 1 aromatic carbocycles. The number of benzene rings is 1. The van der Waals surface area contributed by atoms with Crippen molar-refractivity contribution in [3.63, 3.8) is 0 Å². The Labute approximate surface area is 117 Å². The summed E-state index contributed by atoms with van der Waals surface area (Å²) in [6.45, 7) is 10.2. The molecular weight excluding hydrogens is 236 g/mol. The minimum Gasteiger partial charge on any atom is -0.383 e. The molecule has 0 heterocycles. The first-order chi connectivity index (χ1) is 9.02. The summed E-state index contributed by atoms with van der Waals surface area (Å²) in [5.41, 5.74) is 8.81. The van der Waals surface area contributed by atoms with E-state index in [-0.39, 0.29) is 6.04 Å². The number of hydrogen-bond donors (Lipinski definition) is 1. The van der Waals surface area contributed by atoms with E-state index in [2.05, 4.69) is 49.9 Å². The molecule has 2 N–H and O–H groups in total. The van der Waals surface area contributed by atoms with Gasteiger partial charge in [0.05, 0.1) is 6.61 Å². The molecule has 0 aliphatic heterocycles. The molecule has 0 aliphatic carbocycles. The maximum atomic E-state index is 6.33. The molecular formula is C16H28N2O. The normalized spacial score (nSPS) is 13.2. The Balaban J connectivity index is 2.61. The molecule has 0 amide bonds. The van der Waals surface area contributed by atoms with Crippen molar-refractivity contribution in [2.75, 3.05) is 33.4 Å². The van der Waals surface area contributed by atoms with Crippen LogP contribution in [0.15, 0.2) is 24.3 Å². The highest BCUT2D eigenvalue weighted by molar-refractivity contribution is 5.25. The summed E-state index contributed by atoms with van der Waals surface area (Å²) in [6.07, 6.45) is 0. The number of nitrogens with zero attached hydrogens (tertiary/aromatic N) is 1. The van der Waals surface area contributed by atoms with Crippen LogP contribution in [0.4, 0.5) is 0 Å². The molecule has 0 aromatic heterocycles. The first kappa shape index (κ1) is 16.2. The summed E-state index contributed by atoms with van der Waals surface area (Å²) in [4.78, 5) is 2.39. The van der Waals surface area contributed by atoms with Crippen molar-refractivity contribution >= 4 is 0 Å². The predicted octanol–water partition coefficient (Wildman–Crippen LogP) is 2.60. The smallest absolute Gasteiger partial charge is 0.0589 e. The topological polar surface area (TPSA) is 38.5 Å². The lowest BCUT2D eigenvalue weighted by Crippen LogP contribution is -2.37. The Kier molecular flexibility index (Phi) is 7.06. The lowest BCUT2D eigenvalue weighted by Gasteiger charge is -2.27. The number of rotatable bonds is 8. The Bertz CT molecular complexity index is 366. The zero-order valence-electron chi connectivity index (χ0n) is 12.7. The van der Waals surface area contributed by atoms with E-state index in [1.54, 1.807) is 7.11 Å². The number of methoxy groups -OCH3 is 1. The second kappa shape index (κ2) is 8.31. The molecule has 1 rings (SSSR count). The van der Waals surface area contributed by atoms with Crippen molar-refractivity contribution in [3.8, 4) is 0 Å². The molecule has 0 radical (unpaired) electrons. The maximum Gasteiger partial charge on any atom is 0.0589 e. The predicted molar refractivity (Wildman–Crippen MR) is 81.3 cm³/mol. The standard InChI is InChI=1S/C16H28N2O/c1-13(2)11-18(8-9-19-4)12-16(17)15-7-5-6-14(3)10-15/h5-7,10,13,16H,8-9,11-12,17H2,1-4H3. The zero-order chi connectivity index (χ0) is 14.3. The van der Waals surface area contributed by atoms with E-state index in [9.17, 15) is 0 Å². The number of ether oxygens (including phenoxy) is 1. The van der Waals surface area contributed by atoms with Crippen LogP contribution in [-0.4, -0.2) is 38.3 Å². The number of aryl methyl sites for hydroxylation is 1. The van der Waals surface area contributed by atoms with Crippen molar-refractivity contribution in [2.45, 2.75) is 26.8 Å². The van der Waals surface area contributed by atoms with Gasteiger partial charge in [-0.05, 0) is 18.4 Å². The van der Waals surface area contributed by atoms with Crippen LogP contribution in [0.5, 0.6) is 0 Å². The molecule has 0 bridgehead atoms. The summed E-state index contributed by atoms with van der Waals surface area (Å²) < 4.78 is 5.18. The third kappa shape index (κ3) is 6.19. The highest BCUT2D eigenvalue weighted by Gasteiger charge is 2.13. The molecule has 108 valence electrons. The fourth-order valence-corrected chi connectivity index (χ4v) is 2.28. The van der Waals surface area contributed by atoms with Gasteiger partial charge in [0.2, 0.25) is 0 Å². The highest BCUT2D eigenvalue weighted by atomic mass is 16.5. The van der Waals surface area contributed by atoms with E-state index in [1.807, 2.05) is 0 Å². The Morgan fingerprint density at radius 2 is 2.00 bits per heavy atom. The van der Waals surface area contributed by atoms with Gasteiger partial charge in [0, 0.05) is 32.8 Å².